The number of nitrogens with zero attached hydrogens (tertiary/aromatic N) is 2. The van der Waals surface area contributed by atoms with Crippen LogP contribution in [0.15, 0.2) is 36.5 Å². The molecule has 1 atom stereocenters. The third-order valence-electron chi connectivity index (χ3n) is 3.53. The topological polar surface area (TPSA) is 16.1 Å². The molecule has 0 bridgehead atoms. The minimum atomic E-state index is -0.318. The Labute approximate surface area is 116 Å². The lowest BCUT2D eigenvalue weighted by Gasteiger charge is -2.24. The van der Waals surface area contributed by atoms with Crippen LogP contribution in [-0.4, -0.2) is 11.0 Å². The second kappa shape index (κ2) is 4.82. The summed E-state index contributed by atoms with van der Waals surface area (Å²) in [6, 6.07) is 9.88. The minimum Gasteiger partial charge on any atom is -0.321 e. The predicted molar refractivity (Wildman–Crippen MR) is 75.5 cm³/mol. The number of anilines is 2. The van der Waals surface area contributed by atoms with Crippen LogP contribution in [0.5, 0.6) is 0 Å². The van der Waals surface area contributed by atoms with Gasteiger partial charge in [-0.15, -0.1) is 11.6 Å². The lowest BCUT2D eigenvalue weighted by Crippen LogP contribution is -2.26. The highest BCUT2D eigenvalue weighted by atomic mass is 35.5. The van der Waals surface area contributed by atoms with E-state index in [9.17, 15) is 4.39 Å². The molecule has 4 heteroatoms. The highest BCUT2D eigenvalue weighted by Crippen LogP contribution is 2.38. The number of fused-ring (bicyclic) bond motifs is 1. The summed E-state index contributed by atoms with van der Waals surface area (Å²) in [5.74, 6) is 0.210. The molecule has 1 unspecified atom stereocenters. The van der Waals surface area contributed by atoms with E-state index in [2.05, 4.69) is 18.0 Å². The van der Waals surface area contributed by atoms with Crippen LogP contribution in [0.3, 0.4) is 0 Å². The van der Waals surface area contributed by atoms with Gasteiger partial charge in [0.2, 0.25) is 0 Å². The van der Waals surface area contributed by atoms with Gasteiger partial charge < -0.3 is 4.90 Å². The number of hydrogen-bond donors (Lipinski definition) is 0. The van der Waals surface area contributed by atoms with E-state index >= 15 is 0 Å². The SMILES string of the molecule is CC1Cc2ccccc2N1c1nccc(CCl)c1F. The number of para-hydroxylation sites is 1. The first-order chi connectivity index (χ1) is 9.22. The summed E-state index contributed by atoms with van der Waals surface area (Å²) in [5.41, 5.74) is 2.75. The average Bonchev–Trinajstić information content (AvgIpc) is 2.75. The molecule has 2 aromatic rings. The fourth-order valence-electron chi connectivity index (χ4n) is 2.63. The Balaban J connectivity index is 2.12. The fourth-order valence-corrected chi connectivity index (χ4v) is 2.84. The Morgan fingerprint density at radius 1 is 1.37 bits per heavy atom. The molecule has 0 radical (unpaired) electrons. The van der Waals surface area contributed by atoms with E-state index < -0.39 is 0 Å². The molecule has 0 aliphatic carbocycles. The van der Waals surface area contributed by atoms with E-state index in [-0.39, 0.29) is 17.7 Å². The molecule has 0 saturated carbocycles. The monoisotopic (exact) mass is 276 g/mol. The maximum atomic E-state index is 14.4. The van der Waals surface area contributed by atoms with Crippen LogP contribution in [-0.2, 0) is 12.3 Å². The van der Waals surface area contributed by atoms with E-state index in [0.29, 0.717) is 11.4 Å². The van der Waals surface area contributed by atoms with Crippen molar-refractivity contribution in [2.75, 3.05) is 4.90 Å². The van der Waals surface area contributed by atoms with Crippen LogP contribution in [0.25, 0.3) is 0 Å². The van der Waals surface area contributed by atoms with E-state index in [1.807, 2.05) is 23.1 Å². The van der Waals surface area contributed by atoms with Gasteiger partial charge in [-0.05, 0) is 31.0 Å². The van der Waals surface area contributed by atoms with Gasteiger partial charge in [0.25, 0.3) is 0 Å². The van der Waals surface area contributed by atoms with Crippen molar-refractivity contribution >= 4 is 23.1 Å². The summed E-state index contributed by atoms with van der Waals surface area (Å²) in [5, 5.41) is 0. The Morgan fingerprint density at radius 3 is 2.95 bits per heavy atom. The molecule has 1 aromatic heterocycles. The zero-order valence-electron chi connectivity index (χ0n) is 10.6. The van der Waals surface area contributed by atoms with Crippen molar-refractivity contribution in [1.82, 2.24) is 4.98 Å². The van der Waals surface area contributed by atoms with Crippen molar-refractivity contribution < 1.29 is 4.39 Å². The van der Waals surface area contributed by atoms with Gasteiger partial charge in [0.15, 0.2) is 11.6 Å². The molecule has 19 heavy (non-hydrogen) atoms. The van der Waals surface area contributed by atoms with Crippen molar-refractivity contribution in [1.29, 1.82) is 0 Å². The zero-order chi connectivity index (χ0) is 13.4. The smallest absolute Gasteiger partial charge is 0.170 e. The lowest BCUT2D eigenvalue weighted by molar-refractivity contribution is 0.600. The molecule has 0 amide bonds. The van der Waals surface area contributed by atoms with Crippen molar-refractivity contribution in [2.24, 2.45) is 0 Å². The Bertz CT molecular complexity index is 615. The molecule has 1 aliphatic rings. The molecule has 0 spiro atoms. The summed E-state index contributed by atoms with van der Waals surface area (Å²) in [6.07, 6.45) is 2.52. The van der Waals surface area contributed by atoms with Crippen LogP contribution in [0.2, 0.25) is 0 Å². The fraction of sp³-hybridized carbons (Fsp3) is 0.267. The van der Waals surface area contributed by atoms with Gasteiger partial charge in [0, 0.05) is 23.5 Å². The second-order valence-corrected chi connectivity index (χ2v) is 5.06. The molecule has 0 saturated heterocycles. The van der Waals surface area contributed by atoms with E-state index in [1.54, 1.807) is 12.3 Å². The quantitative estimate of drug-likeness (QED) is 0.770. The molecular formula is C15H14ClFN2. The zero-order valence-corrected chi connectivity index (χ0v) is 11.4. The summed E-state index contributed by atoms with van der Waals surface area (Å²) >= 11 is 5.76. The van der Waals surface area contributed by atoms with Crippen LogP contribution in [0.4, 0.5) is 15.9 Å². The summed E-state index contributed by atoms with van der Waals surface area (Å²) in [4.78, 5) is 6.17. The third-order valence-corrected chi connectivity index (χ3v) is 3.82. The van der Waals surface area contributed by atoms with Gasteiger partial charge in [0.1, 0.15) is 0 Å². The average molecular weight is 277 g/mol. The first-order valence-corrected chi connectivity index (χ1v) is 6.82. The number of benzene rings is 1. The van der Waals surface area contributed by atoms with Gasteiger partial charge in [-0.1, -0.05) is 18.2 Å². The molecule has 0 fully saturated rings. The van der Waals surface area contributed by atoms with Crippen molar-refractivity contribution in [2.45, 2.75) is 25.3 Å². The van der Waals surface area contributed by atoms with Crippen LogP contribution in [0, 0.1) is 5.82 Å². The maximum Gasteiger partial charge on any atom is 0.170 e. The number of rotatable bonds is 2. The summed E-state index contributed by atoms with van der Waals surface area (Å²) < 4.78 is 14.4. The van der Waals surface area contributed by atoms with Gasteiger partial charge in [0.05, 0.1) is 5.88 Å². The molecule has 2 nitrogen and oxygen atoms in total. The van der Waals surface area contributed by atoms with Gasteiger partial charge >= 0.3 is 0 Å². The van der Waals surface area contributed by atoms with Crippen molar-refractivity contribution in [3.05, 3.63) is 53.5 Å². The van der Waals surface area contributed by atoms with Crippen molar-refractivity contribution in [3.8, 4) is 0 Å². The van der Waals surface area contributed by atoms with Crippen molar-refractivity contribution in [3.63, 3.8) is 0 Å². The molecular weight excluding hydrogens is 263 g/mol. The molecule has 2 heterocycles. The minimum absolute atomic E-state index is 0.158. The normalized spacial score (nSPS) is 17.6. The van der Waals surface area contributed by atoms with Crippen LogP contribution >= 0.6 is 11.6 Å². The molecule has 98 valence electrons. The lowest BCUT2D eigenvalue weighted by atomic mass is 10.1. The first kappa shape index (κ1) is 12.4. The molecule has 3 rings (SSSR count). The van der Waals surface area contributed by atoms with E-state index in [0.717, 1.165) is 12.1 Å². The van der Waals surface area contributed by atoms with Gasteiger partial charge in [-0.2, -0.15) is 0 Å². The van der Waals surface area contributed by atoms with Crippen LogP contribution < -0.4 is 4.90 Å². The first-order valence-electron chi connectivity index (χ1n) is 6.29. The standard InChI is InChI=1S/C15H14ClFN2/c1-10-8-11-4-2-3-5-13(11)19(10)15-14(17)12(9-16)6-7-18-15/h2-7,10H,8-9H2,1H3. The number of aromatic nitrogens is 1. The Hall–Kier alpha value is -1.61. The summed E-state index contributed by atoms with van der Waals surface area (Å²) in [7, 11) is 0. The van der Waals surface area contributed by atoms with E-state index in [1.165, 1.54) is 5.56 Å². The molecule has 1 aliphatic heterocycles. The molecule has 1 aromatic carbocycles. The number of alkyl halides is 1. The summed E-state index contributed by atoms with van der Waals surface area (Å²) in [6.45, 7) is 2.08. The number of hydrogen-bond acceptors (Lipinski definition) is 2. The predicted octanol–water partition coefficient (Wildman–Crippen LogP) is 4.04. The van der Waals surface area contributed by atoms with E-state index in [4.69, 9.17) is 11.6 Å². The number of pyridine rings is 1. The van der Waals surface area contributed by atoms with Gasteiger partial charge in [-0.3, -0.25) is 0 Å². The molecule has 0 N–H and O–H groups in total. The largest absolute Gasteiger partial charge is 0.321 e. The Morgan fingerprint density at radius 2 is 2.16 bits per heavy atom. The van der Waals surface area contributed by atoms with Crippen LogP contribution in [0.1, 0.15) is 18.1 Å². The third kappa shape index (κ3) is 1.98. The van der Waals surface area contributed by atoms with Gasteiger partial charge in [-0.25, -0.2) is 9.37 Å². The highest BCUT2D eigenvalue weighted by Gasteiger charge is 2.30. The Kier molecular flexibility index (Phi) is 3.15. The maximum absolute atomic E-state index is 14.4. The highest BCUT2D eigenvalue weighted by molar-refractivity contribution is 6.17. The second-order valence-electron chi connectivity index (χ2n) is 4.79. The number of halogens is 2.